The van der Waals surface area contributed by atoms with Crippen LogP contribution in [0.4, 0.5) is 0 Å². The van der Waals surface area contributed by atoms with E-state index in [0.717, 1.165) is 18.7 Å². The molecule has 11 heavy (non-hydrogen) atoms. The minimum absolute atomic E-state index is 0.227. The number of nitrogens with zero attached hydrogens (tertiary/aromatic N) is 1. The van der Waals surface area contributed by atoms with Crippen molar-refractivity contribution in [3.63, 3.8) is 0 Å². The third-order valence-corrected chi connectivity index (χ3v) is 2.47. The Bertz CT molecular complexity index is 160. The number of carbonyl (C=O) groups is 1. The van der Waals surface area contributed by atoms with Gasteiger partial charge in [-0.25, -0.2) is 0 Å². The Morgan fingerprint density at radius 1 is 1.64 bits per heavy atom. The molecule has 0 spiro atoms. The van der Waals surface area contributed by atoms with Gasteiger partial charge in [-0.1, -0.05) is 6.92 Å². The normalized spacial score (nSPS) is 31.5. The molecule has 0 radical (unpaired) electrons. The minimum Gasteiger partial charge on any atom is -0.339 e. The Labute approximate surface area is 73.4 Å². The van der Waals surface area contributed by atoms with Crippen molar-refractivity contribution in [3.05, 3.63) is 0 Å². The maximum Gasteiger partial charge on any atom is 0.225 e. The highest BCUT2D eigenvalue weighted by molar-refractivity contribution is 7.80. The summed E-state index contributed by atoms with van der Waals surface area (Å²) in [7, 11) is 0. The molecule has 1 rings (SSSR count). The predicted molar refractivity (Wildman–Crippen MR) is 48.8 cm³/mol. The van der Waals surface area contributed by atoms with Gasteiger partial charge in [-0.05, 0) is 13.3 Å². The highest BCUT2D eigenvalue weighted by atomic mass is 32.1. The van der Waals surface area contributed by atoms with Crippen LogP contribution in [0.1, 0.15) is 20.3 Å². The monoisotopic (exact) mass is 173 g/mol. The van der Waals surface area contributed by atoms with Crippen LogP contribution in [0.25, 0.3) is 0 Å². The lowest BCUT2D eigenvalue weighted by atomic mass is 10.1. The lowest BCUT2D eigenvalue weighted by molar-refractivity contribution is -0.131. The van der Waals surface area contributed by atoms with Crippen molar-refractivity contribution in [1.82, 2.24) is 4.90 Å². The maximum absolute atomic E-state index is 11.4. The summed E-state index contributed by atoms with van der Waals surface area (Å²) in [5, 5.41) is 0. The Kier molecular flexibility index (Phi) is 2.82. The largest absolute Gasteiger partial charge is 0.339 e. The van der Waals surface area contributed by atoms with Gasteiger partial charge in [0.05, 0.1) is 0 Å². The standard InChI is InChI=1S/C8H15NOS/c1-6-5-7(2)9(3-4-11)8(6)10/h6-7,11H,3-5H2,1-2H3. The smallest absolute Gasteiger partial charge is 0.225 e. The van der Waals surface area contributed by atoms with Crippen molar-refractivity contribution in [2.45, 2.75) is 26.3 Å². The zero-order valence-corrected chi connectivity index (χ0v) is 7.97. The van der Waals surface area contributed by atoms with Gasteiger partial charge in [-0.2, -0.15) is 12.6 Å². The number of hydrogen-bond donors (Lipinski definition) is 1. The summed E-state index contributed by atoms with van der Waals surface area (Å²) in [5.74, 6) is 1.29. The molecule has 0 N–H and O–H groups in total. The number of rotatable bonds is 2. The second-order valence-electron chi connectivity index (χ2n) is 3.24. The lowest BCUT2D eigenvalue weighted by Gasteiger charge is -2.20. The fourth-order valence-corrected chi connectivity index (χ4v) is 1.89. The molecule has 2 unspecified atom stereocenters. The van der Waals surface area contributed by atoms with Gasteiger partial charge in [-0.15, -0.1) is 0 Å². The Morgan fingerprint density at radius 2 is 2.27 bits per heavy atom. The van der Waals surface area contributed by atoms with Gasteiger partial charge in [0.2, 0.25) is 5.91 Å². The van der Waals surface area contributed by atoms with Crippen LogP contribution in [0.5, 0.6) is 0 Å². The van der Waals surface area contributed by atoms with Crippen molar-refractivity contribution >= 4 is 18.5 Å². The third-order valence-electron chi connectivity index (χ3n) is 2.27. The molecule has 1 aliphatic heterocycles. The van der Waals surface area contributed by atoms with Crippen LogP contribution in [0.2, 0.25) is 0 Å². The summed E-state index contributed by atoms with van der Waals surface area (Å²) in [6, 6.07) is 0.421. The molecule has 0 aromatic carbocycles. The summed E-state index contributed by atoms with van der Waals surface area (Å²) in [6.07, 6.45) is 1.01. The van der Waals surface area contributed by atoms with E-state index in [1.807, 2.05) is 11.8 Å². The van der Waals surface area contributed by atoms with Crippen LogP contribution in [0.3, 0.4) is 0 Å². The molecule has 1 aliphatic rings. The summed E-state index contributed by atoms with van der Waals surface area (Å²) in [6.45, 7) is 4.90. The first-order valence-electron chi connectivity index (χ1n) is 4.08. The van der Waals surface area contributed by atoms with Gasteiger partial charge in [0.25, 0.3) is 0 Å². The molecule has 1 fully saturated rings. The molecule has 2 atom stereocenters. The highest BCUT2D eigenvalue weighted by Gasteiger charge is 2.32. The first kappa shape index (κ1) is 8.91. The van der Waals surface area contributed by atoms with Crippen LogP contribution in [-0.4, -0.2) is 29.1 Å². The van der Waals surface area contributed by atoms with E-state index >= 15 is 0 Å². The number of amides is 1. The molecular formula is C8H15NOS. The first-order valence-corrected chi connectivity index (χ1v) is 4.71. The van der Waals surface area contributed by atoms with E-state index in [-0.39, 0.29) is 5.92 Å². The van der Waals surface area contributed by atoms with Crippen LogP contribution in [0.15, 0.2) is 0 Å². The molecule has 0 saturated carbocycles. The zero-order chi connectivity index (χ0) is 8.43. The number of likely N-dealkylation sites (tertiary alicyclic amines) is 1. The molecule has 0 aromatic heterocycles. The molecule has 0 aliphatic carbocycles. The molecule has 1 amide bonds. The summed E-state index contributed by atoms with van der Waals surface area (Å²) in [5.41, 5.74) is 0. The molecule has 2 nitrogen and oxygen atoms in total. The van der Waals surface area contributed by atoms with Crippen molar-refractivity contribution in [2.24, 2.45) is 5.92 Å². The molecular weight excluding hydrogens is 158 g/mol. The van der Waals surface area contributed by atoms with Crippen LogP contribution < -0.4 is 0 Å². The topological polar surface area (TPSA) is 20.3 Å². The van der Waals surface area contributed by atoms with E-state index in [2.05, 4.69) is 19.6 Å². The van der Waals surface area contributed by atoms with Gasteiger partial charge in [-0.3, -0.25) is 4.79 Å². The molecule has 1 saturated heterocycles. The van der Waals surface area contributed by atoms with Gasteiger partial charge in [0, 0.05) is 24.3 Å². The fraction of sp³-hybridized carbons (Fsp3) is 0.875. The average Bonchev–Trinajstić information content (AvgIpc) is 2.17. The average molecular weight is 173 g/mol. The quantitative estimate of drug-likeness (QED) is 0.622. The maximum atomic E-state index is 11.4. The van der Waals surface area contributed by atoms with Gasteiger partial charge in [0.15, 0.2) is 0 Å². The number of hydrogen-bond acceptors (Lipinski definition) is 2. The molecule has 64 valence electrons. The Morgan fingerprint density at radius 3 is 2.64 bits per heavy atom. The summed E-state index contributed by atoms with van der Waals surface area (Å²) in [4.78, 5) is 13.3. The van der Waals surface area contributed by atoms with Gasteiger partial charge >= 0.3 is 0 Å². The molecule has 0 aromatic rings. The lowest BCUT2D eigenvalue weighted by Crippen LogP contribution is -2.33. The zero-order valence-electron chi connectivity index (χ0n) is 7.08. The highest BCUT2D eigenvalue weighted by Crippen LogP contribution is 2.23. The number of thiol groups is 1. The molecule has 0 bridgehead atoms. The van der Waals surface area contributed by atoms with Crippen LogP contribution >= 0.6 is 12.6 Å². The third kappa shape index (κ3) is 1.70. The van der Waals surface area contributed by atoms with E-state index in [0.29, 0.717) is 11.9 Å². The van der Waals surface area contributed by atoms with Crippen molar-refractivity contribution in [2.75, 3.05) is 12.3 Å². The van der Waals surface area contributed by atoms with Gasteiger partial charge in [0.1, 0.15) is 0 Å². The number of carbonyl (C=O) groups excluding carboxylic acids is 1. The Hall–Kier alpha value is -0.180. The molecule has 3 heteroatoms. The fourth-order valence-electron chi connectivity index (χ4n) is 1.68. The van der Waals surface area contributed by atoms with Crippen molar-refractivity contribution in [3.8, 4) is 0 Å². The van der Waals surface area contributed by atoms with Crippen molar-refractivity contribution in [1.29, 1.82) is 0 Å². The van der Waals surface area contributed by atoms with Gasteiger partial charge < -0.3 is 4.90 Å². The Balaban J connectivity index is 2.56. The second kappa shape index (κ2) is 3.48. The van der Waals surface area contributed by atoms with Crippen LogP contribution in [0, 0.1) is 5.92 Å². The second-order valence-corrected chi connectivity index (χ2v) is 3.69. The summed E-state index contributed by atoms with van der Waals surface area (Å²) < 4.78 is 0. The van der Waals surface area contributed by atoms with Crippen molar-refractivity contribution < 1.29 is 4.79 Å². The minimum atomic E-state index is 0.227. The summed E-state index contributed by atoms with van der Waals surface area (Å²) >= 11 is 4.11. The van der Waals surface area contributed by atoms with E-state index in [9.17, 15) is 4.79 Å². The van der Waals surface area contributed by atoms with E-state index in [1.54, 1.807) is 0 Å². The predicted octanol–water partition coefficient (Wildman–Crippen LogP) is 1.17. The van der Waals surface area contributed by atoms with Crippen LogP contribution in [-0.2, 0) is 4.79 Å². The first-order chi connectivity index (χ1) is 5.16. The van der Waals surface area contributed by atoms with E-state index in [4.69, 9.17) is 0 Å². The van der Waals surface area contributed by atoms with E-state index in [1.165, 1.54) is 0 Å². The van der Waals surface area contributed by atoms with E-state index < -0.39 is 0 Å². The molecule has 1 heterocycles. The SMILES string of the molecule is CC1CC(C)N(CCS)C1=O.